The van der Waals surface area contributed by atoms with E-state index < -0.39 is 0 Å². The fraction of sp³-hybridized carbons (Fsp3) is 0.467. The number of nitrogens with zero attached hydrogens (tertiary/aromatic N) is 5. The van der Waals surface area contributed by atoms with E-state index in [1.165, 1.54) is 0 Å². The van der Waals surface area contributed by atoms with Crippen LogP contribution in [-0.4, -0.2) is 44.4 Å². The van der Waals surface area contributed by atoms with Crippen LogP contribution in [0.2, 0.25) is 0 Å². The van der Waals surface area contributed by atoms with E-state index in [1.807, 2.05) is 11.6 Å². The number of carbonyl (C=O) groups excluding carboxylic acids is 1. The number of amides is 1. The summed E-state index contributed by atoms with van der Waals surface area (Å²) in [5.74, 6) is -0.0965. The lowest BCUT2D eigenvalue weighted by Crippen LogP contribution is -2.27. The van der Waals surface area contributed by atoms with E-state index in [0.717, 1.165) is 5.69 Å². The lowest BCUT2D eigenvalue weighted by molar-refractivity contribution is 0.0992. The summed E-state index contributed by atoms with van der Waals surface area (Å²) in [5.41, 5.74) is 2.20. The summed E-state index contributed by atoms with van der Waals surface area (Å²) in [4.78, 5) is 14.2. The molecule has 0 spiro atoms. The first-order valence-corrected chi connectivity index (χ1v) is 8.37. The van der Waals surface area contributed by atoms with E-state index >= 15 is 0 Å². The van der Waals surface area contributed by atoms with Crippen molar-refractivity contribution < 1.29 is 4.79 Å². The van der Waals surface area contributed by atoms with Crippen LogP contribution in [0.4, 0.5) is 5.69 Å². The largest absolute Gasteiger partial charge is 0.310 e. The lowest BCUT2D eigenvalue weighted by Gasteiger charge is -2.21. The van der Waals surface area contributed by atoms with Crippen molar-refractivity contribution in [3.05, 3.63) is 35.9 Å². The van der Waals surface area contributed by atoms with Gasteiger partial charge in [-0.1, -0.05) is 6.92 Å². The molecule has 0 radical (unpaired) electrons. The third-order valence-electron chi connectivity index (χ3n) is 3.97. The molecule has 0 fully saturated rings. The fourth-order valence-electron chi connectivity index (χ4n) is 2.22. The Morgan fingerprint density at radius 3 is 2.64 bits per heavy atom. The molecular weight excluding hydrogens is 298 g/mol. The molecule has 2 unspecified atom stereocenters. The number of thioether (sulfide) groups is 1. The zero-order valence-corrected chi connectivity index (χ0v) is 14.3. The molecule has 0 N–H and O–H groups in total. The molecule has 22 heavy (non-hydrogen) atoms. The van der Waals surface area contributed by atoms with Gasteiger partial charge in [0.2, 0.25) is 0 Å². The molecule has 0 aliphatic carbocycles. The summed E-state index contributed by atoms with van der Waals surface area (Å²) < 4.78 is 1.92. The first-order chi connectivity index (χ1) is 10.5. The Labute approximate surface area is 134 Å². The molecule has 2 rings (SSSR count). The van der Waals surface area contributed by atoms with Gasteiger partial charge in [0, 0.05) is 18.0 Å². The summed E-state index contributed by atoms with van der Waals surface area (Å²) in [7, 11) is 1.73. The Hall–Kier alpha value is -1.89. The molecule has 2 aromatic rings. The molecule has 0 saturated heterocycles. The molecular formula is C15H21N5OS. The maximum Gasteiger partial charge on any atom is 0.261 e. The summed E-state index contributed by atoms with van der Waals surface area (Å²) in [5, 5.41) is 12.4. The van der Waals surface area contributed by atoms with Gasteiger partial charge in [-0.25, -0.2) is 0 Å². The number of anilines is 1. The van der Waals surface area contributed by atoms with E-state index in [2.05, 4.69) is 35.4 Å². The van der Waals surface area contributed by atoms with Crippen LogP contribution in [0.1, 0.15) is 35.9 Å². The molecule has 2 aromatic heterocycles. The van der Waals surface area contributed by atoms with Crippen LogP contribution < -0.4 is 4.90 Å². The average molecular weight is 319 g/mol. The standard InChI is InChI=1S/C15H21N5OS/c1-10(12(3)22-5)20-11(2)14(9-18-20)15(21)19(4)13-6-7-16-17-8-13/h6-10,12H,1-5H3. The van der Waals surface area contributed by atoms with E-state index in [-0.39, 0.29) is 11.9 Å². The Morgan fingerprint density at radius 1 is 1.32 bits per heavy atom. The molecule has 118 valence electrons. The Balaban J connectivity index is 2.27. The number of rotatable bonds is 5. The summed E-state index contributed by atoms with van der Waals surface area (Å²) in [6.45, 7) is 6.21. The molecule has 0 aromatic carbocycles. The summed E-state index contributed by atoms with van der Waals surface area (Å²) >= 11 is 1.79. The molecule has 2 heterocycles. The van der Waals surface area contributed by atoms with Crippen LogP contribution in [-0.2, 0) is 0 Å². The van der Waals surface area contributed by atoms with Crippen LogP contribution in [0, 0.1) is 6.92 Å². The molecule has 1 amide bonds. The van der Waals surface area contributed by atoms with Crippen molar-refractivity contribution in [1.82, 2.24) is 20.0 Å². The summed E-state index contributed by atoms with van der Waals surface area (Å²) in [6, 6.07) is 1.98. The van der Waals surface area contributed by atoms with Crippen molar-refractivity contribution in [2.45, 2.75) is 32.1 Å². The highest BCUT2D eigenvalue weighted by atomic mass is 32.2. The van der Waals surface area contributed by atoms with Gasteiger partial charge in [-0.3, -0.25) is 9.48 Å². The normalized spacial score (nSPS) is 13.7. The minimum absolute atomic E-state index is 0.0965. The zero-order chi connectivity index (χ0) is 16.3. The minimum Gasteiger partial charge on any atom is -0.310 e. The minimum atomic E-state index is -0.0965. The quantitative estimate of drug-likeness (QED) is 0.847. The van der Waals surface area contributed by atoms with E-state index in [4.69, 9.17) is 0 Å². The second-order valence-corrected chi connectivity index (χ2v) is 6.45. The van der Waals surface area contributed by atoms with Gasteiger partial charge >= 0.3 is 0 Å². The van der Waals surface area contributed by atoms with E-state index in [9.17, 15) is 4.79 Å². The molecule has 0 aliphatic heterocycles. The first-order valence-electron chi connectivity index (χ1n) is 7.09. The highest BCUT2D eigenvalue weighted by Crippen LogP contribution is 2.24. The Kier molecular flexibility index (Phi) is 5.18. The van der Waals surface area contributed by atoms with Crippen LogP contribution in [0.5, 0.6) is 0 Å². The number of aromatic nitrogens is 4. The molecule has 6 nitrogen and oxygen atoms in total. The Morgan fingerprint density at radius 2 is 2.05 bits per heavy atom. The van der Waals surface area contributed by atoms with E-state index in [0.29, 0.717) is 16.5 Å². The third kappa shape index (κ3) is 3.14. The van der Waals surface area contributed by atoms with Crippen molar-refractivity contribution in [1.29, 1.82) is 0 Å². The van der Waals surface area contributed by atoms with Crippen LogP contribution >= 0.6 is 11.8 Å². The van der Waals surface area contributed by atoms with Crippen molar-refractivity contribution in [2.24, 2.45) is 0 Å². The highest BCUT2D eigenvalue weighted by Gasteiger charge is 2.23. The number of hydrogen-bond donors (Lipinski definition) is 0. The summed E-state index contributed by atoms with van der Waals surface area (Å²) in [6.07, 6.45) is 6.86. The molecule has 7 heteroatoms. The predicted molar refractivity (Wildman–Crippen MR) is 89.4 cm³/mol. The monoisotopic (exact) mass is 319 g/mol. The smallest absolute Gasteiger partial charge is 0.261 e. The van der Waals surface area contributed by atoms with Gasteiger partial charge in [0.05, 0.1) is 35.9 Å². The topological polar surface area (TPSA) is 63.9 Å². The maximum absolute atomic E-state index is 12.7. The SMILES string of the molecule is CSC(C)C(C)n1ncc(C(=O)N(C)c2ccnnc2)c1C. The Bertz CT molecular complexity index is 643. The zero-order valence-electron chi connectivity index (χ0n) is 13.5. The van der Waals surface area contributed by atoms with Gasteiger partial charge in [0.1, 0.15) is 0 Å². The third-order valence-corrected chi connectivity index (χ3v) is 5.11. The van der Waals surface area contributed by atoms with Crippen molar-refractivity contribution in [3.8, 4) is 0 Å². The van der Waals surface area contributed by atoms with E-state index in [1.54, 1.807) is 48.4 Å². The van der Waals surface area contributed by atoms with Gasteiger partial charge in [-0.05, 0) is 26.2 Å². The fourth-order valence-corrected chi connectivity index (χ4v) is 2.73. The van der Waals surface area contributed by atoms with Gasteiger partial charge in [0.25, 0.3) is 5.91 Å². The molecule has 0 aliphatic rings. The van der Waals surface area contributed by atoms with Crippen molar-refractivity contribution in [2.75, 3.05) is 18.2 Å². The second-order valence-electron chi connectivity index (χ2n) is 5.23. The van der Waals surface area contributed by atoms with Crippen molar-refractivity contribution in [3.63, 3.8) is 0 Å². The first kappa shape index (κ1) is 16.5. The van der Waals surface area contributed by atoms with Crippen LogP contribution in [0.3, 0.4) is 0 Å². The maximum atomic E-state index is 12.7. The number of carbonyl (C=O) groups is 1. The van der Waals surface area contributed by atoms with Gasteiger partial charge < -0.3 is 4.90 Å². The molecule has 2 atom stereocenters. The van der Waals surface area contributed by atoms with Gasteiger partial charge in [0.15, 0.2) is 0 Å². The highest BCUT2D eigenvalue weighted by molar-refractivity contribution is 7.99. The molecule has 0 saturated carbocycles. The lowest BCUT2D eigenvalue weighted by atomic mass is 10.2. The molecule has 0 bridgehead atoms. The number of hydrogen-bond acceptors (Lipinski definition) is 5. The van der Waals surface area contributed by atoms with Crippen molar-refractivity contribution >= 4 is 23.4 Å². The second kappa shape index (κ2) is 6.91. The van der Waals surface area contributed by atoms with Gasteiger partial charge in [-0.2, -0.15) is 27.1 Å². The predicted octanol–water partition coefficient (Wildman–Crippen LogP) is 2.57. The average Bonchev–Trinajstić information content (AvgIpc) is 2.94. The van der Waals surface area contributed by atoms with Crippen LogP contribution in [0.25, 0.3) is 0 Å². The van der Waals surface area contributed by atoms with Gasteiger partial charge in [-0.15, -0.1) is 0 Å². The van der Waals surface area contributed by atoms with Crippen LogP contribution in [0.15, 0.2) is 24.7 Å².